The van der Waals surface area contributed by atoms with Gasteiger partial charge in [0.15, 0.2) is 0 Å². The number of benzene rings is 2. The molecule has 0 spiro atoms. The summed E-state index contributed by atoms with van der Waals surface area (Å²) in [5.41, 5.74) is 2.17. The number of rotatable bonds is 6. The first-order chi connectivity index (χ1) is 13.7. The first kappa shape index (κ1) is 22.3. The molecule has 2 nitrogen and oxygen atoms in total. The Kier molecular flexibility index (Phi) is 7.40. The summed E-state index contributed by atoms with van der Waals surface area (Å²) in [6, 6.07) is 11.4. The van der Waals surface area contributed by atoms with Crippen molar-refractivity contribution in [3.63, 3.8) is 0 Å². The summed E-state index contributed by atoms with van der Waals surface area (Å²) in [6.45, 7) is 5.33. The maximum Gasteiger partial charge on any atom is 0.398 e. The smallest absolute Gasteiger partial charge is 0.367 e. The Bertz CT molecular complexity index is 817. The fourth-order valence-electron chi connectivity index (χ4n) is 3.34. The van der Waals surface area contributed by atoms with Gasteiger partial charge in [0, 0.05) is 42.5 Å². The third-order valence-corrected chi connectivity index (χ3v) is 6.88. The highest BCUT2D eigenvalue weighted by atomic mass is 32.2. The van der Waals surface area contributed by atoms with E-state index in [1.165, 1.54) is 16.5 Å². The van der Waals surface area contributed by atoms with Crippen LogP contribution in [0, 0.1) is 12.7 Å². The number of halogens is 4. The third kappa shape index (κ3) is 6.30. The molecule has 1 fully saturated rings. The highest BCUT2D eigenvalue weighted by Crippen LogP contribution is 2.34. The van der Waals surface area contributed by atoms with Crippen LogP contribution in [-0.4, -0.2) is 49.3 Å². The fraction of sp³-hybridized carbons (Fsp3) is 0.429. The van der Waals surface area contributed by atoms with Crippen molar-refractivity contribution in [1.29, 1.82) is 0 Å². The number of hydrogen-bond donors (Lipinski definition) is 0. The lowest BCUT2D eigenvalue weighted by atomic mass is 10.1. The third-order valence-electron chi connectivity index (χ3n) is 4.91. The van der Waals surface area contributed by atoms with E-state index in [1.807, 2.05) is 11.2 Å². The van der Waals surface area contributed by atoms with E-state index < -0.39 is 11.9 Å². The maximum atomic E-state index is 14.5. The second-order valence-corrected chi connectivity index (χ2v) is 8.98. The normalized spacial score (nSPS) is 15.7. The standard InChI is InChI=1S/C21H24F4N2S2/c1-15-11-18(22)19(12-20(15)29-14-21(23,24)25)27-9-7-26(8-10-27)13-16-3-5-17(28-2)6-4-16/h3-6,11-12H,7-10,13-14H2,1-2H3. The number of nitrogens with zero attached hydrogens (tertiary/aromatic N) is 2. The van der Waals surface area contributed by atoms with Crippen LogP contribution in [0.15, 0.2) is 46.2 Å². The molecule has 158 valence electrons. The molecule has 29 heavy (non-hydrogen) atoms. The molecule has 2 aromatic carbocycles. The highest BCUT2D eigenvalue weighted by Gasteiger charge is 2.28. The quantitative estimate of drug-likeness (QED) is 0.408. The Morgan fingerprint density at radius 2 is 1.66 bits per heavy atom. The van der Waals surface area contributed by atoms with Crippen LogP contribution in [0.25, 0.3) is 0 Å². The van der Waals surface area contributed by atoms with Crippen molar-refractivity contribution in [1.82, 2.24) is 4.90 Å². The van der Waals surface area contributed by atoms with E-state index in [2.05, 4.69) is 29.2 Å². The van der Waals surface area contributed by atoms with Gasteiger partial charge >= 0.3 is 6.18 Å². The minimum atomic E-state index is -4.24. The lowest BCUT2D eigenvalue weighted by molar-refractivity contribution is -0.105. The van der Waals surface area contributed by atoms with E-state index in [0.29, 0.717) is 41.0 Å². The second-order valence-electron chi connectivity index (χ2n) is 7.08. The average Bonchev–Trinajstić information content (AvgIpc) is 2.68. The Hall–Kier alpha value is -1.38. The van der Waals surface area contributed by atoms with Gasteiger partial charge in [-0.3, -0.25) is 4.90 Å². The fourth-order valence-corrected chi connectivity index (χ4v) is 4.54. The predicted molar refractivity (Wildman–Crippen MR) is 114 cm³/mol. The lowest BCUT2D eigenvalue weighted by Gasteiger charge is -2.36. The van der Waals surface area contributed by atoms with E-state index >= 15 is 0 Å². The van der Waals surface area contributed by atoms with Gasteiger partial charge in [0.1, 0.15) is 5.82 Å². The van der Waals surface area contributed by atoms with Crippen LogP contribution in [-0.2, 0) is 6.54 Å². The van der Waals surface area contributed by atoms with Gasteiger partial charge in [0.2, 0.25) is 0 Å². The van der Waals surface area contributed by atoms with Crippen molar-refractivity contribution in [3.8, 4) is 0 Å². The Balaban J connectivity index is 1.62. The molecule has 3 rings (SSSR count). The molecule has 1 heterocycles. The SMILES string of the molecule is CSc1ccc(CN2CCN(c3cc(SCC(F)(F)F)c(C)cc3F)CC2)cc1. The van der Waals surface area contributed by atoms with Gasteiger partial charge in [-0.05, 0) is 48.6 Å². The molecule has 0 radical (unpaired) electrons. The van der Waals surface area contributed by atoms with Crippen LogP contribution in [0.4, 0.5) is 23.2 Å². The molecule has 0 N–H and O–H groups in total. The molecule has 0 aromatic heterocycles. The first-order valence-corrected chi connectivity index (χ1v) is 11.6. The maximum absolute atomic E-state index is 14.5. The van der Waals surface area contributed by atoms with E-state index in [-0.39, 0.29) is 5.82 Å². The van der Waals surface area contributed by atoms with Crippen LogP contribution < -0.4 is 4.90 Å². The summed E-state index contributed by atoms with van der Waals surface area (Å²) in [6.07, 6.45) is -2.20. The first-order valence-electron chi connectivity index (χ1n) is 9.35. The zero-order valence-corrected chi connectivity index (χ0v) is 18.1. The highest BCUT2D eigenvalue weighted by molar-refractivity contribution is 7.99. The molecular weight excluding hydrogens is 420 g/mol. The molecule has 1 aliphatic heterocycles. The molecule has 0 saturated carbocycles. The molecule has 1 aliphatic rings. The predicted octanol–water partition coefficient (Wildman–Crippen LogP) is 5.83. The van der Waals surface area contributed by atoms with Crippen molar-refractivity contribution in [2.75, 3.05) is 43.1 Å². The molecule has 1 saturated heterocycles. The molecule has 0 atom stereocenters. The van der Waals surface area contributed by atoms with Gasteiger partial charge in [-0.25, -0.2) is 4.39 Å². The number of piperazine rings is 1. The van der Waals surface area contributed by atoms with E-state index in [1.54, 1.807) is 24.8 Å². The molecule has 0 unspecified atom stereocenters. The molecule has 0 amide bonds. The molecule has 0 bridgehead atoms. The minimum Gasteiger partial charge on any atom is -0.367 e. The van der Waals surface area contributed by atoms with E-state index in [0.717, 1.165) is 19.6 Å². The monoisotopic (exact) mass is 444 g/mol. The number of hydrogen-bond acceptors (Lipinski definition) is 4. The van der Waals surface area contributed by atoms with Crippen LogP contribution in [0.3, 0.4) is 0 Å². The number of anilines is 1. The summed E-state index contributed by atoms with van der Waals surface area (Å²) < 4.78 is 52.2. The number of aryl methyl sites for hydroxylation is 1. The zero-order valence-electron chi connectivity index (χ0n) is 16.4. The molecular formula is C21H24F4N2S2. The van der Waals surface area contributed by atoms with Gasteiger partial charge in [0.25, 0.3) is 0 Å². The number of alkyl halides is 3. The molecule has 0 aliphatic carbocycles. The van der Waals surface area contributed by atoms with Gasteiger partial charge in [0.05, 0.1) is 11.4 Å². The Morgan fingerprint density at radius 1 is 1.00 bits per heavy atom. The Labute approximate surface area is 177 Å². The van der Waals surface area contributed by atoms with Gasteiger partial charge in [-0.2, -0.15) is 13.2 Å². The Morgan fingerprint density at radius 3 is 2.24 bits per heavy atom. The van der Waals surface area contributed by atoms with Gasteiger partial charge < -0.3 is 4.90 Å². The molecule has 2 aromatic rings. The largest absolute Gasteiger partial charge is 0.398 e. The molecule has 8 heteroatoms. The second kappa shape index (κ2) is 9.62. The van der Waals surface area contributed by atoms with Crippen LogP contribution >= 0.6 is 23.5 Å². The topological polar surface area (TPSA) is 6.48 Å². The van der Waals surface area contributed by atoms with Crippen molar-refractivity contribution >= 4 is 29.2 Å². The summed E-state index contributed by atoms with van der Waals surface area (Å²) in [4.78, 5) is 5.96. The van der Waals surface area contributed by atoms with Gasteiger partial charge in [-0.15, -0.1) is 23.5 Å². The van der Waals surface area contributed by atoms with Crippen molar-refractivity contribution in [2.24, 2.45) is 0 Å². The van der Waals surface area contributed by atoms with E-state index in [9.17, 15) is 17.6 Å². The van der Waals surface area contributed by atoms with Crippen molar-refractivity contribution < 1.29 is 17.6 Å². The van der Waals surface area contributed by atoms with Crippen molar-refractivity contribution in [3.05, 3.63) is 53.3 Å². The minimum absolute atomic E-state index is 0.375. The van der Waals surface area contributed by atoms with Crippen molar-refractivity contribution in [2.45, 2.75) is 29.4 Å². The summed E-state index contributed by atoms with van der Waals surface area (Å²) >= 11 is 2.43. The zero-order chi connectivity index (χ0) is 21.0. The van der Waals surface area contributed by atoms with Gasteiger partial charge in [-0.1, -0.05) is 12.1 Å². The summed E-state index contributed by atoms with van der Waals surface area (Å²) in [7, 11) is 0. The van der Waals surface area contributed by atoms with Crippen LogP contribution in [0.2, 0.25) is 0 Å². The average molecular weight is 445 g/mol. The van der Waals surface area contributed by atoms with Crippen LogP contribution in [0.5, 0.6) is 0 Å². The summed E-state index contributed by atoms with van der Waals surface area (Å²) in [5.74, 6) is -1.35. The number of thioether (sulfide) groups is 2. The van der Waals surface area contributed by atoms with E-state index in [4.69, 9.17) is 0 Å². The summed E-state index contributed by atoms with van der Waals surface area (Å²) in [5, 5.41) is 0. The lowest BCUT2D eigenvalue weighted by Crippen LogP contribution is -2.46. The van der Waals surface area contributed by atoms with Crippen LogP contribution in [0.1, 0.15) is 11.1 Å².